The molecule has 100 valence electrons. The molecule has 2 atom stereocenters. The number of Topliss-reactive ketones (excluding diaryl/α,β-unsaturated/α-hetero) is 1. The minimum absolute atomic E-state index is 0.0854. The number of piperazine rings is 1. The van der Waals surface area contributed by atoms with Crippen LogP contribution in [-0.4, -0.2) is 31.0 Å². The lowest BCUT2D eigenvalue weighted by molar-refractivity contribution is 0.101. The standard InChI is InChI=1S/C15H19N3O/c1-11-9-17-14(7-8-16)10-18(11)15-5-3-13(4-6-15)12(2)19/h3-6,11,14,17H,7,9-10H2,1-2H3. The number of hydrogen-bond donors (Lipinski definition) is 1. The smallest absolute Gasteiger partial charge is 0.159 e. The summed E-state index contributed by atoms with van der Waals surface area (Å²) in [5.74, 6) is 0.0854. The summed E-state index contributed by atoms with van der Waals surface area (Å²) in [4.78, 5) is 13.6. The van der Waals surface area contributed by atoms with Gasteiger partial charge in [-0.1, -0.05) is 0 Å². The van der Waals surface area contributed by atoms with E-state index in [1.54, 1.807) is 6.92 Å². The molecule has 1 fully saturated rings. The van der Waals surface area contributed by atoms with Gasteiger partial charge >= 0.3 is 0 Å². The molecule has 1 N–H and O–H groups in total. The molecule has 1 heterocycles. The predicted octanol–water partition coefficient (Wildman–Crippen LogP) is 1.97. The van der Waals surface area contributed by atoms with Crippen molar-refractivity contribution in [1.29, 1.82) is 5.26 Å². The fourth-order valence-corrected chi connectivity index (χ4v) is 2.42. The van der Waals surface area contributed by atoms with Crippen molar-refractivity contribution in [3.63, 3.8) is 0 Å². The summed E-state index contributed by atoms with van der Waals surface area (Å²) >= 11 is 0. The number of nitrogens with zero attached hydrogens (tertiary/aromatic N) is 2. The Morgan fingerprint density at radius 1 is 1.47 bits per heavy atom. The highest BCUT2D eigenvalue weighted by Gasteiger charge is 2.24. The van der Waals surface area contributed by atoms with Crippen LogP contribution in [-0.2, 0) is 0 Å². The van der Waals surface area contributed by atoms with E-state index in [0.717, 1.165) is 24.3 Å². The first kappa shape index (κ1) is 13.6. The summed E-state index contributed by atoms with van der Waals surface area (Å²) in [6.07, 6.45) is 0.523. The van der Waals surface area contributed by atoms with Crippen LogP contribution in [0.1, 0.15) is 30.6 Å². The van der Waals surface area contributed by atoms with Gasteiger partial charge in [-0.3, -0.25) is 4.79 Å². The van der Waals surface area contributed by atoms with E-state index in [0.29, 0.717) is 12.5 Å². The molecule has 1 aromatic rings. The molecule has 2 unspecified atom stereocenters. The number of anilines is 1. The van der Waals surface area contributed by atoms with Crippen molar-refractivity contribution in [3.05, 3.63) is 29.8 Å². The second-order valence-corrected chi connectivity index (χ2v) is 5.07. The first-order valence-electron chi connectivity index (χ1n) is 6.60. The monoisotopic (exact) mass is 257 g/mol. The summed E-state index contributed by atoms with van der Waals surface area (Å²) in [7, 11) is 0. The maximum Gasteiger partial charge on any atom is 0.159 e. The maximum atomic E-state index is 11.3. The lowest BCUT2D eigenvalue weighted by Crippen LogP contribution is -2.55. The third-order valence-corrected chi connectivity index (χ3v) is 3.59. The van der Waals surface area contributed by atoms with Crippen molar-refractivity contribution < 1.29 is 4.79 Å². The molecule has 0 bridgehead atoms. The van der Waals surface area contributed by atoms with Crippen LogP contribution < -0.4 is 10.2 Å². The van der Waals surface area contributed by atoms with E-state index < -0.39 is 0 Å². The van der Waals surface area contributed by atoms with E-state index in [9.17, 15) is 4.79 Å². The van der Waals surface area contributed by atoms with Crippen molar-refractivity contribution in [1.82, 2.24) is 5.32 Å². The fraction of sp³-hybridized carbons (Fsp3) is 0.467. The molecular formula is C15H19N3O. The summed E-state index contributed by atoms with van der Waals surface area (Å²) in [6, 6.07) is 10.5. The number of carbonyl (C=O) groups is 1. The van der Waals surface area contributed by atoms with Gasteiger partial charge in [-0.25, -0.2) is 0 Å². The predicted molar refractivity (Wildman–Crippen MR) is 75.3 cm³/mol. The van der Waals surface area contributed by atoms with E-state index in [1.807, 2.05) is 24.3 Å². The van der Waals surface area contributed by atoms with Crippen LogP contribution in [0, 0.1) is 11.3 Å². The molecule has 1 aromatic carbocycles. The average molecular weight is 257 g/mol. The molecule has 0 aromatic heterocycles. The van der Waals surface area contributed by atoms with E-state index in [2.05, 4.69) is 23.2 Å². The van der Waals surface area contributed by atoms with Crippen molar-refractivity contribution in [3.8, 4) is 6.07 Å². The molecule has 0 radical (unpaired) electrons. The zero-order valence-corrected chi connectivity index (χ0v) is 11.4. The van der Waals surface area contributed by atoms with Crippen LogP contribution in [0.2, 0.25) is 0 Å². The SMILES string of the molecule is CC(=O)c1ccc(N2CC(CC#N)NCC2C)cc1. The van der Waals surface area contributed by atoms with Crippen LogP contribution in [0.3, 0.4) is 0 Å². The Kier molecular flexibility index (Phi) is 4.18. The zero-order chi connectivity index (χ0) is 13.8. The van der Waals surface area contributed by atoms with Gasteiger partial charge in [0.2, 0.25) is 0 Å². The van der Waals surface area contributed by atoms with E-state index >= 15 is 0 Å². The Bertz CT molecular complexity index is 489. The molecule has 0 saturated carbocycles. The number of nitrogens with one attached hydrogen (secondary N) is 1. The summed E-state index contributed by atoms with van der Waals surface area (Å²) < 4.78 is 0. The Balaban J connectivity index is 2.14. The van der Waals surface area contributed by atoms with Gasteiger partial charge in [0.1, 0.15) is 0 Å². The minimum Gasteiger partial charge on any atom is -0.366 e. The van der Waals surface area contributed by atoms with Crippen molar-refractivity contribution in [2.75, 3.05) is 18.0 Å². The van der Waals surface area contributed by atoms with Crippen LogP contribution in [0.4, 0.5) is 5.69 Å². The largest absolute Gasteiger partial charge is 0.366 e. The lowest BCUT2D eigenvalue weighted by Gasteiger charge is -2.39. The van der Waals surface area contributed by atoms with Gasteiger partial charge in [-0.05, 0) is 38.1 Å². The second-order valence-electron chi connectivity index (χ2n) is 5.07. The molecule has 4 nitrogen and oxygen atoms in total. The third kappa shape index (κ3) is 3.12. The molecular weight excluding hydrogens is 238 g/mol. The Morgan fingerprint density at radius 2 is 2.16 bits per heavy atom. The average Bonchev–Trinajstić information content (AvgIpc) is 2.41. The van der Waals surface area contributed by atoms with Gasteiger partial charge < -0.3 is 10.2 Å². The molecule has 2 rings (SSSR count). The van der Waals surface area contributed by atoms with Gasteiger partial charge in [0.05, 0.1) is 12.5 Å². The quantitative estimate of drug-likeness (QED) is 0.841. The molecule has 0 aliphatic carbocycles. The summed E-state index contributed by atoms with van der Waals surface area (Å²) in [6.45, 7) is 5.44. The highest BCUT2D eigenvalue weighted by Crippen LogP contribution is 2.21. The van der Waals surface area contributed by atoms with Crippen molar-refractivity contribution >= 4 is 11.5 Å². The van der Waals surface area contributed by atoms with Gasteiger partial charge in [0, 0.05) is 36.4 Å². The summed E-state index contributed by atoms with van der Waals surface area (Å²) in [5, 5.41) is 12.2. The summed E-state index contributed by atoms with van der Waals surface area (Å²) in [5.41, 5.74) is 1.85. The molecule has 1 aliphatic rings. The van der Waals surface area contributed by atoms with Crippen LogP contribution in [0.25, 0.3) is 0 Å². The molecule has 1 saturated heterocycles. The van der Waals surface area contributed by atoms with E-state index in [4.69, 9.17) is 5.26 Å². The lowest BCUT2D eigenvalue weighted by atomic mass is 10.1. The van der Waals surface area contributed by atoms with E-state index in [1.165, 1.54) is 0 Å². The number of hydrogen-bond acceptors (Lipinski definition) is 4. The number of ketones is 1. The topological polar surface area (TPSA) is 56.1 Å². The Labute approximate surface area is 114 Å². The molecule has 1 aliphatic heterocycles. The molecule has 0 spiro atoms. The highest BCUT2D eigenvalue weighted by molar-refractivity contribution is 5.94. The van der Waals surface area contributed by atoms with Crippen LogP contribution in [0.5, 0.6) is 0 Å². The Morgan fingerprint density at radius 3 is 2.74 bits per heavy atom. The van der Waals surface area contributed by atoms with Gasteiger partial charge in [0.15, 0.2) is 5.78 Å². The van der Waals surface area contributed by atoms with Crippen LogP contribution in [0.15, 0.2) is 24.3 Å². The van der Waals surface area contributed by atoms with Crippen molar-refractivity contribution in [2.45, 2.75) is 32.4 Å². The number of carbonyl (C=O) groups excluding carboxylic acids is 1. The van der Waals surface area contributed by atoms with Gasteiger partial charge in [-0.2, -0.15) is 5.26 Å². The maximum absolute atomic E-state index is 11.3. The first-order chi connectivity index (χ1) is 9.11. The molecule has 4 heteroatoms. The Hall–Kier alpha value is -1.86. The fourth-order valence-electron chi connectivity index (χ4n) is 2.42. The highest BCUT2D eigenvalue weighted by atomic mass is 16.1. The van der Waals surface area contributed by atoms with Gasteiger partial charge in [0.25, 0.3) is 0 Å². The number of rotatable bonds is 3. The molecule has 0 amide bonds. The number of nitriles is 1. The zero-order valence-electron chi connectivity index (χ0n) is 11.4. The molecule has 19 heavy (non-hydrogen) atoms. The van der Waals surface area contributed by atoms with E-state index in [-0.39, 0.29) is 11.8 Å². The van der Waals surface area contributed by atoms with Crippen molar-refractivity contribution in [2.24, 2.45) is 0 Å². The third-order valence-electron chi connectivity index (χ3n) is 3.59. The first-order valence-corrected chi connectivity index (χ1v) is 6.60. The van der Waals surface area contributed by atoms with Crippen LogP contribution >= 0.6 is 0 Å². The van der Waals surface area contributed by atoms with Gasteiger partial charge in [-0.15, -0.1) is 0 Å². The minimum atomic E-state index is 0.0854. The normalized spacial score (nSPS) is 22.9. The second kappa shape index (κ2) is 5.85. The number of benzene rings is 1.